The third-order valence-corrected chi connectivity index (χ3v) is 7.04. The SMILES string of the molecule is CCC(NC(=O)CC1CCC(CNC(=O)OCC2c3ccccc3-c3ccccc32)C1)C(=O)O. The number of alkyl carbamates (subject to hydrolysis) is 1. The van der Waals surface area contributed by atoms with Crippen molar-refractivity contribution in [1.29, 1.82) is 0 Å². The van der Waals surface area contributed by atoms with Crippen LogP contribution in [0.5, 0.6) is 0 Å². The van der Waals surface area contributed by atoms with Crippen molar-refractivity contribution in [3.63, 3.8) is 0 Å². The van der Waals surface area contributed by atoms with E-state index in [1.165, 1.54) is 22.3 Å². The van der Waals surface area contributed by atoms with E-state index >= 15 is 0 Å². The van der Waals surface area contributed by atoms with Crippen LogP contribution in [0.25, 0.3) is 11.1 Å². The first kappa shape index (κ1) is 23.8. The average Bonchev–Trinajstić information content (AvgIpc) is 3.41. The van der Waals surface area contributed by atoms with Crippen LogP contribution in [-0.2, 0) is 14.3 Å². The number of amides is 2. The van der Waals surface area contributed by atoms with Crippen molar-refractivity contribution < 1.29 is 24.2 Å². The maximum atomic E-state index is 12.4. The standard InChI is InChI=1S/C27H32N2O5/c1-2-24(26(31)32)29-25(30)14-17-11-12-18(13-17)15-28-27(33)34-16-23-21-9-5-3-7-19(21)20-8-4-6-10-22(20)23/h3-10,17-18,23-24H,2,11-16H2,1H3,(H,28,33)(H,29,30)(H,31,32). The molecule has 2 aromatic carbocycles. The zero-order valence-corrected chi connectivity index (χ0v) is 19.5. The zero-order chi connectivity index (χ0) is 24.1. The van der Waals surface area contributed by atoms with E-state index in [-0.39, 0.29) is 24.3 Å². The summed E-state index contributed by atoms with van der Waals surface area (Å²) in [6.07, 6.45) is 2.92. The number of ether oxygens (including phenoxy) is 1. The molecule has 1 fully saturated rings. The number of hydrogen-bond acceptors (Lipinski definition) is 4. The van der Waals surface area contributed by atoms with Gasteiger partial charge in [-0.05, 0) is 59.8 Å². The number of carboxylic acids is 1. The van der Waals surface area contributed by atoms with Crippen LogP contribution in [0.15, 0.2) is 48.5 Å². The van der Waals surface area contributed by atoms with Gasteiger partial charge >= 0.3 is 12.1 Å². The Kier molecular flexibility index (Phi) is 7.50. The summed E-state index contributed by atoms with van der Waals surface area (Å²) < 4.78 is 5.60. The van der Waals surface area contributed by atoms with Crippen molar-refractivity contribution in [2.45, 2.75) is 51.0 Å². The molecule has 2 aliphatic rings. The molecule has 0 saturated heterocycles. The summed E-state index contributed by atoms with van der Waals surface area (Å²) in [5.41, 5.74) is 4.76. The third-order valence-electron chi connectivity index (χ3n) is 7.04. The van der Waals surface area contributed by atoms with Crippen LogP contribution >= 0.6 is 0 Å². The summed E-state index contributed by atoms with van der Waals surface area (Å²) >= 11 is 0. The van der Waals surface area contributed by atoms with Crippen LogP contribution in [0, 0.1) is 11.8 Å². The quantitative estimate of drug-likeness (QED) is 0.513. The van der Waals surface area contributed by atoms with Crippen LogP contribution in [0.2, 0.25) is 0 Å². The molecule has 3 atom stereocenters. The van der Waals surface area contributed by atoms with E-state index in [2.05, 4.69) is 34.9 Å². The maximum Gasteiger partial charge on any atom is 0.407 e. The molecule has 0 heterocycles. The van der Waals surface area contributed by atoms with E-state index in [0.29, 0.717) is 25.3 Å². The lowest BCUT2D eigenvalue weighted by molar-refractivity contribution is -0.142. The number of benzene rings is 2. The Balaban J connectivity index is 1.21. The smallest absolute Gasteiger partial charge is 0.407 e. The summed E-state index contributed by atoms with van der Waals surface area (Å²) in [4.78, 5) is 35.7. The second-order valence-corrected chi connectivity index (χ2v) is 9.32. The molecule has 0 aromatic heterocycles. The predicted octanol–water partition coefficient (Wildman–Crippen LogP) is 4.31. The van der Waals surface area contributed by atoms with Crippen LogP contribution in [0.1, 0.15) is 56.1 Å². The molecule has 2 aliphatic carbocycles. The molecule has 7 nitrogen and oxygen atoms in total. The fourth-order valence-electron chi connectivity index (χ4n) is 5.28. The molecule has 4 rings (SSSR count). The highest BCUT2D eigenvalue weighted by atomic mass is 16.5. The van der Waals surface area contributed by atoms with Gasteiger partial charge in [0.2, 0.25) is 5.91 Å². The summed E-state index contributed by atoms with van der Waals surface area (Å²) in [7, 11) is 0. The van der Waals surface area contributed by atoms with Gasteiger partial charge in [0.1, 0.15) is 12.6 Å². The zero-order valence-electron chi connectivity index (χ0n) is 19.5. The van der Waals surface area contributed by atoms with Gasteiger partial charge in [0.25, 0.3) is 0 Å². The first-order chi connectivity index (χ1) is 16.5. The predicted molar refractivity (Wildman–Crippen MR) is 128 cm³/mol. The normalized spacial score (nSPS) is 19.7. The molecule has 34 heavy (non-hydrogen) atoms. The first-order valence-corrected chi connectivity index (χ1v) is 12.1. The van der Waals surface area contributed by atoms with E-state index in [4.69, 9.17) is 9.84 Å². The highest BCUT2D eigenvalue weighted by Crippen LogP contribution is 2.44. The Labute approximate surface area is 199 Å². The van der Waals surface area contributed by atoms with Gasteiger partial charge in [0, 0.05) is 18.9 Å². The van der Waals surface area contributed by atoms with Gasteiger partial charge < -0.3 is 20.5 Å². The molecule has 3 unspecified atom stereocenters. The lowest BCUT2D eigenvalue weighted by atomic mass is 9.98. The molecule has 0 radical (unpaired) electrons. The van der Waals surface area contributed by atoms with Crippen molar-refractivity contribution in [3.05, 3.63) is 59.7 Å². The van der Waals surface area contributed by atoms with Crippen LogP contribution in [0.3, 0.4) is 0 Å². The molecule has 180 valence electrons. The topological polar surface area (TPSA) is 105 Å². The maximum absolute atomic E-state index is 12.4. The first-order valence-electron chi connectivity index (χ1n) is 12.1. The van der Waals surface area contributed by atoms with Crippen LogP contribution in [0.4, 0.5) is 4.79 Å². The molecule has 0 bridgehead atoms. The molecular weight excluding hydrogens is 432 g/mol. The molecule has 0 spiro atoms. The number of nitrogens with one attached hydrogen (secondary N) is 2. The monoisotopic (exact) mass is 464 g/mol. The van der Waals surface area contributed by atoms with Crippen LogP contribution in [-0.4, -0.2) is 42.3 Å². The lowest BCUT2D eigenvalue weighted by Gasteiger charge is -2.16. The molecule has 1 saturated carbocycles. The van der Waals surface area contributed by atoms with Crippen molar-refractivity contribution in [1.82, 2.24) is 10.6 Å². The minimum atomic E-state index is -1.01. The Morgan fingerprint density at radius 1 is 1.00 bits per heavy atom. The van der Waals surface area contributed by atoms with E-state index in [1.54, 1.807) is 6.92 Å². The van der Waals surface area contributed by atoms with Gasteiger partial charge in [-0.1, -0.05) is 55.5 Å². The molecule has 2 amide bonds. The number of hydrogen-bond donors (Lipinski definition) is 3. The fourth-order valence-corrected chi connectivity index (χ4v) is 5.28. The molecule has 7 heteroatoms. The third kappa shape index (κ3) is 5.41. The molecular formula is C27H32N2O5. The minimum absolute atomic E-state index is 0.0327. The second kappa shape index (κ2) is 10.7. The Hall–Kier alpha value is -3.35. The van der Waals surface area contributed by atoms with E-state index < -0.39 is 18.1 Å². The van der Waals surface area contributed by atoms with Gasteiger partial charge in [0.05, 0.1) is 0 Å². The highest BCUT2D eigenvalue weighted by molar-refractivity contribution is 5.83. The number of carbonyl (C=O) groups is 3. The van der Waals surface area contributed by atoms with Crippen molar-refractivity contribution in [2.75, 3.05) is 13.2 Å². The van der Waals surface area contributed by atoms with Crippen molar-refractivity contribution >= 4 is 18.0 Å². The van der Waals surface area contributed by atoms with Gasteiger partial charge in [-0.25, -0.2) is 9.59 Å². The van der Waals surface area contributed by atoms with Gasteiger partial charge in [-0.2, -0.15) is 0 Å². The summed E-state index contributed by atoms with van der Waals surface area (Å²) in [5, 5.41) is 14.6. The summed E-state index contributed by atoms with van der Waals surface area (Å²) in [6, 6.07) is 15.6. The average molecular weight is 465 g/mol. The Morgan fingerprint density at radius 3 is 2.24 bits per heavy atom. The van der Waals surface area contributed by atoms with Gasteiger partial charge in [-0.15, -0.1) is 0 Å². The van der Waals surface area contributed by atoms with E-state index in [0.717, 1.165) is 19.3 Å². The molecule has 2 aromatic rings. The highest BCUT2D eigenvalue weighted by Gasteiger charge is 2.30. The summed E-state index contributed by atoms with van der Waals surface area (Å²) in [6.45, 7) is 2.54. The lowest BCUT2D eigenvalue weighted by Crippen LogP contribution is -2.40. The largest absolute Gasteiger partial charge is 0.480 e. The Morgan fingerprint density at radius 2 is 1.62 bits per heavy atom. The molecule has 0 aliphatic heterocycles. The number of aliphatic carboxylic acids is 1. The van der Waals surface area contributed by atoms with Gasteiger partial charge in [-0.3, -0.25) is 4.79 Å². The second-order valence-electron chi connectivity index (χ2n) is 9.32. The number of carboxylic acid groups (broad SMARTS) is 1. The number of carbonyl (C=O) groups excluding carboxylic acids is 2. The number of rotatable bonds is 9. The fraction of sp³-hybridized carbons (Fsp3) is 0.444. The van der Waals surface area contributed by atoms with Gasteiger partial charge in [0.15, 0.2) is 0 Å². The Bertz CT molecular complexity index is 1010. The van der Waals surface area contributed by atoms with Crippen LogP contribution < -0.4 is 10.6 Å². The van der Waals surface area contributed by atoms with Crippen molar-refractivity contribution in [2.24, 2.45) is 11.8 Å². The summed E-state index contributed by atoms with van der Waals surface area (Å²) in [5.74, 6) is -0.692. The molecule has 3 N–H and O–H groups in total. The number of fused-ring (bicyclic) bond motifs is 3. The van der Waals surface area contributed by atoms with Crippen molar-refractivity contribution in [3.8, 4) is 11.1 Å². The minimum Gasteiger partial charge on any atom is -0.480 e. The van der Waals surface area contributed by atoms with E-state index in [9.17, 15) is 14.4 Å². The van der Waals surface area contributed by atoms with E-state index in [1.807, 2.05) is 24.3 Å².